The number of hydrogen-bond donors (Lipinski definition) is 1. The van der Waals surface area contributed by atoms with Gasteiger partial charge in [0.1, 0.15) is 0 Å². The van der Waals surface area contributed by atoms with E-state index in [0.29, 0.717) is 19.4 Å². The van der Waals surface area contributed by atoms with Crippen LogP contribution >= 0.6 is 11.3 Å². The van der Waals surface area contributed by atoms with Gasteiger partial charge in [-0.2, -0.15) is 0 Å². The number of ether oxygens (including phenoxy) is 1. The second kappa shape index (κ2) is 7.22. The summed E-state index contributed by atoms with van der Waals surface area (Å²) in [4.78, 5) is 15.9. The first-order valence-electron chi connectivity index (χ1n) is 7.03. The number of nitrogens with one attached hydrogen (secondary N) is 1. The number of nitrogens with zero attached hydrogens (tertiary/aromatic N) is 1. The Bertz CT molecular complexity index is 602. The van der Waals surface area contributed by atoms with Crippen LogP contribution < -0.4 is 5.32 Å². The molecule has 0 atom stereocenters. The van der Waals surface area contributed by atoms with E-state index in [9.17, 15) is 4.79 Å². The van der Waals surface area contributed by atoms with Crippen LogP contribution in [-0.2, 0) is 16.0 Å². The minimum Gasteiger partial charge on any atom is -0.466 e. The number of para-hydroxylation sites is 1. The summed E-state index contributed by atoms with van der Waals surface area (Å²) in [5.74, 6) is -0.172. The molecule has 0 unspecified atom stereocenters. The van der Waals surface area contributed by atoms with Crippen LogP contribution in [0.5, 0.6) is 0 Å². The lowest BCUT2D eigenvalue weighted by atomic mass is 10.1. The third-order valence-electron chi connectivity index (χ3n) is 3.16. The van der Waals surface area contributed by atoms with Gasteiger partial charge in [-0.3, -0.25) is 4.79 Å². The number of hydrogen-bond acceptors (Lipinski definition) is 5. The van der Waals surface area contributed by atoms with Crippen molar-refractivity contribution >= 4 is 28.1 Å². The fourth-order valence-corrected chi connectivity index (χ4v) is 2.81. The molecule has 5 heteroatoms. The fraction of sp³-hybridized carbons (Fsp3) is 0.375. The van der Waals surface area contributed by atoms with Gasteiger partial charge in [0.15, 0.2) is 5.13 Å². The lowest BCUT2D eigenvalue weighted by Crippen LogP contribution is -2.05. The zero-order valence-corrected chi connectivity index (χ0v) is 13.4. The third-order valence-corrected chi connectivity index (χ3v) is 3.96. The monoisotopic (exact) mass is 304 g/mol. The molecule has 1 aromatic heterocycles. The summed E-state index contributed by atoms with van der Waals surface area (Å²) in [5, 5.41) is 6.20. The summed E-state index contributed by atoms with van der Waals surface area (Å²) in [6, 6.07) is 6.19. The van der Waals surface area contributed by atoms with Crippen molar-refractivity contribution in [3.05, 3.63) is 40.4 Å². The minimum atomic E-state index is -0.172. The number of aryl methyl sites for hydroxylation is 3. The first-order chi connectivity index (χ1) is 10.1. The number of anilines is 2. The van der Waals surface area contributed by atoms with Gasteiger partial charge < -0.3 is 10.1 Å². The molecule has 0 radical (unpaired) electrons. The molecular weight excluding hydrogens is 284 g/mol. The minimum absolute atomic E-state index is 0.172. The van der Waals surface area contributed by atoms with E-state index in [2.05, 4.69) is 36.3 Å². The van der Waals surface area contributed by atoms with Gasteiger partial charge >= 0.3 is 5.97 Å². The second-order valence-electron chi connectivity index (χ2n) is 4.84. The van der Waals surface area contributed by atoms with Crippen LogP contribution in [0, 0.1) is 13.8 Å². The highest BCUT2D eigenvalue weighted by Gasteiger charge is 2.08. The lowest BCUT2D eigenvalue weighted by molar-refractivity contribution is -0.143. The van der Waals surface area contributed by atoms with Gasteiger partial charge in [0, 0.05) is 17.5 Å². The standard InChI is InChI=1S/C16H20N2O2S/c1-4-20-14(19)9-8-13-10-21-16(17-13)18-15-11(2)6-5-7-12(15)3/h5-7,10H,4,8-9H2,1-3H3,(H,17,18). The molecule has 0 aliphatic rings. The highest BCUT2D eigenvalue weighted by Crippen LogP contribution is 2.26. The van der Waals surface area contributed by atoms with Crippen molar-refractivity contribution in [2.75, 3.05) is 11.9 Å². The summed E-state index contributed by atoms with van der Waals surface area (Å²) in [7, 11) is 0. The Hall–Kier alpha value is -1.88. The number of carbonyl (C=O) groups excluding carboxylic acids is 1. The molecule has 4 nitrogen and oxygen atoms in total. The number of thiazole rings is 1. The number of carbonyl (C=O) groups is 1. The topological polar surface area (TPSA) is 51.2 Å². The number of aromatic nitrogens is 1. The Morgan fingerprint density at radius 2 is 2.05 bits per heavy atom. The van der Waals surface area contributed by atoms with Crippen molar-refractivity contribution in [1.29, 1.82) is 0 Å². The van der Waals surface area contributed by atoms with Crippen LogP contribution in [0.4, 0.5) is 10.8 Å². The predicted molar refractivity (Wildman–Crippen MR) is 86.3 cm³/mol. The highest BCUT2D eigenvalue weighted by molar-refractivity contribution is 7.13. The SMILES string of the molecule is CCOC(=O)CCc1csc(Nc2c(C)cccc2C)n1. The molecule has 21 heavy (non-hydrogen) atoms. The summed E-state index contributed by atoms with van der Waals surface area (Å²) in [5.41, 5.74) is 4.40. The van der Waals surface area contributed by atoms with Gasteiger partial charge in [-0.15, -0.1) is 11.3 Å². The van der Waals surface area contributed by atoms with E-state index in [1.54, 1.807) is 11.3 Å². The summed E-state index contributed by atoms with van der Waals surface area (Å²) < 4.78 is 4.92. The van der Waals surface area contributed by atoms with E-state index in [-0.39, 0.29) is 5.97 Å². The Balaban J connectivity index is 1.99. The van der Waals surface area contributed by atoms with Crippen LogP contribution in [0.1, 0.15) is 30.2 Å². The van der Waals surface area contributed by atoms with E-state index in [1.165, 1.54) is 11.1 Å². The Morgan fingerprint density at radius 1 is 1.33 bits per heavy atom. The predicted octanol–water partition coefficient (Wildman–Crippen LogP) is 4.00. The number of esters is 1. The van der Waals surface area contributed by atoms with Gasteiger partial charge in [-0.05, 0) is 31.9 Å². The molecule has 2 aromatic rings. The average molecular weight is 304 g/mol. The van der Waals surface area contributed by atoms with Crippen molar-refractivity contribution in [3.63, 3.8) is 0 Å². The quantitative estimate of drug-likeness (QED) is 0.820. The van der Waals surface area contributed by atoms with Gasteiger partial charge in [-0.1, -0.05) is 18.2 Å². The van der Waals surface area contributed by atoms with Crippen LogP contribution in [0.15, 0.2) is 23.6 Å². The third kappa shape index (κ3) is 4.29. The molecule has 112 valence electrons. The van der Waals surface area contributed by atoms with E-state index in [4.69, 9.17) is 4.74 Å². The maximum atomic E-state index is 11.3. The highest BCUT2D eigenvalue weighted by atomic mass is 32.1. The molecule has 0 aliphatic heterocycles. The maximum Gasteiger partial charge on any atom is 0.306 e. The van der Waals surface area contributed by atoms with Crippen LogP contribution in [-0.4, -0.2) is 17.6 Å². The number of benzene rings is 1. The molecule has 2 rings (SSSR count). The Morgan fingerprint density at radius 3 is 2.71 bits per heavy atom. The van der Waals surface area contributed by atoms with Crippen molar-refractivity contribution < 1.29 is 9.53 Å². The smallest absolute Gasteiger partial charge is 0.306 e. The molecule has 1 heterocycles. The van der Waals surface area contributed by atoms with E-state index >= 15 is 0 Å². The molecule has 0 bridgehead atoms. The molecule has 0 spiro atoms. The maximum absolute atomic E-state index is 11.3. The average Bonchev–Trinajstić information content (AvgIpc) is 2.89. The zero-order chi connectivity index (χ0) is 15.2. The van der Waals surface area contributed by atoms with E-state index < -0.39 is 0 Å². The Kier molecular flexibility index (Phi) is 5.33. The normalized spacial score (nSPS) is 10.4. The molecule has 1 N–H and O–H groups in total. The molecule has 0 saturated heterocycles. The Labute approximate surface area is 129 Å². The molecule has 0 saturated carbocycles. The van der Waals surface area contributed by atoms with Crippen molar-refractivity contribution in [2.24, 2.45) is 0 Å². The summed E-state index contributed by atoms with van der Waals surface area (Å²) in [6.45, 7) is 6.39. The summed E-state index contributed by atoms with van der Waals surface area (Å²) in [6.07, 6.45) is 0.990. The van der Waals surface area contributed by atoms with Crippen LogP contribution in [0.25, 0.3) is 0 Å². The van der Waals surface area contributed by atoms with Crippen molar-refractivity contribution in [3.8, 4) is 0 Å². The van der Waals surface area contributed by atoms with Crippen LogP contribution in [0.3, 0.4) is 0 Å². The van der Waals surface area contributed by atoms with E-state index in [1.807, 2.05) is 18.4 Å². The molecule has 0 fully saturated rings. The lowest BCUT2D eigenvalue weighted by Gasteiger charge is -2.09. The van der Waals surface area contributed by atoms with Crippen LogP contribution in [0.2, 0.25) is 0 Å². The molecule has 0 aliphatic carbocycles. The second-order valence-corrected chi connectivity index (χ2v) is 5.70. The fourth-order valence-electron chi connectivity index (χ4n) is 2.06. The largest absolute Gasteiger partial charge is 0.466 e. The molecular formula is C16H20N2O2S. The molecule has 0 amide bonds. The van der Waals surface area contributed by atoms with Crippen molar-refractivity contribution in [1.82, 2.24) is 4.98 Å². The van der Waals surface area contributed by atoms with Crippen molar-refractivity contribution in [2.45, 2.75) is 33.6 Å². The molecule has 1 aromatic carbocycles. The van der Waals surface area contributed by atoms with Gasteiger partial charge in [0.05, 0.1) is 18.7 Å². The van der Waals surface area contributed by atoms with Gasteiger partial charge in [0.25, 0.3) is 0 Å². The van der Waals surface area contributed by atoms with E-state index in [0.717, 1.165) is 16.5 Å². The first-order valence-corrected chi connectivity index (χ1v) is 7.91. The van der Waals surface area contributed by atoms with Gasteiger partial charge in [-0.25, -0.2) is 4.98 Å². The number of rotatable bonds is 6. The summed E-state index contributed by atoms with van der Waals surface area (Å²) >= 11 is 1.55. The van der Waals surface area contributed by atoms with Gasteiger partial charge in [0.2, 0.25) is 0 Å². The first kappa shape index (κ1) is 15.5. The zero-order valence-electron chi connectivity index (χ0n) is 12.6.